The number of nitrogens with two attached hydrogens (primary N) is 1. The van der Waals surface area contributed by atoms with Crippen LogP contribution >= 0.6 is 15.9 Å². The van der Waals surface area contributed by atoms with E-state index in [1.54, 1.807) is 16.6 Å². The highest BCUT2D eigenvalue weighted by atomic mass is 79.9. The van der Waals surface area contributed by atoms with Crippen molar-refractivity contribution >= 4 is 27.8 Å². The predicted octanol–water partition coefficient (Wildman–Crippen LogP) is 2.74. The Kier molecular flexibility index (Phi) is 4.90. The first-order valence-corrected chi connectivity index (χ1v) is 8.31. The van der Waals surface area contributed by atoms with Crippen molar-refractivity contribution in [2.75, 3.05) is 12.8 Å². The fraction of sp³-hybridized carbons (Fsp3) is 0.667. The summed E-state index contributed by atoms with van der Waals surface area (Å²) in [5.41, 5.74) is 5.79. The van der Waals surface area contributed by atoms with Gasteiger partial charge in [0.15, 0.2) is 0 Å². The minimum absolute atomic E-state index is 0.0951. The summed E-state index contributed by atoms with van der Waals surface area (Å²) in [6, 6.07) is 2.13. The van der Waals surface area contributed by atoms with Crippen LogP contribution in [-0.2, 0) is 11.3 Å². The molecule has 0 aromatic carbocycles. The van der Waals surface area contributed by atoms with Crippen LogP contribution in [0.25, 0.3) is 0 Å². The van der Waals surface area contributed by atoms with Gasteiger partial charge in [-0.2, -0.15) is 10.4 Å². The molecule has 1 aromatic rings. The molecule has 2 rings (SSSR count). The molecule has 1 aromatic heterocycles. The van der Waals surface area contributed by atoms with Crippen LogP contribution in [0, 0.1) is 17.2 Å². The van der Waals surface area contributed by atoms with Crippen LogP contribution in [0.2, 0.25) is 0 Å². The Morgan fingerprint density at radius 2 is 2.22 bits per heavy atom. The van der Waals surface area contributed by atoms with E-state index in [2.05, 4.69) is 21.0 Å². The number of anilines is 1. The van der Waals surface area contributed by atoms with E-state index in [0.29, 0.717) is 22.5 Å². The lowest BCUT2D eigenvalue weighted by molar-refractivity contribution is -0.000965. The van der Waals surface area contributed by atoms with Gasteiger partial charge in [-0.1, -0.05) is 0 Å². The molecule has 0 bridgehead atoms. The van der Waals surface area contributed by atoms with Gasteiger partial charge in [0.2, 0.25) is 0 Å². The first-order valence-electron chi connectivity index (χ1n) is 7.51. The summed E-state index contributed by atoms with van der Waals surface area (Å²) in [6.07, 6.45) is 1.59. The van der Waals surface area contributed by atoms with E-state index >= 15 is 0 Å². The highest BCUT2D eigenvalue weighted by Gasteiger charge is 2.38. The molecular weight excluding hydrogens is 362 g/mol. The number of nitrogen functional groups attached to an aromatic ring is 1. The zero-order valence-electron chi connectivity index (χ0n) is 13.8. The summed E-state index contributed by atoms with van der Waals surface area (Å²) in [7, 11) is 1.76. The van der Waals surface area contributed by atoms with Crippen LogP contribution in [0.15, 0.2) is 4.60 Å². The Hall–Kier alpha value is -1.75. The fourth-order valence-corrected chi connectivity index (χ4v) is 3.14. The standard InChI is InChI=1S/C15H22BrN5O2/c1-15(2,3)23-14(22)20(4)11-6-5-9(11)8-21-13(18)10(7-17)12(16)19-21/h9,11H,5-6,8,18H2,1-4H3. The molecule has 2 unspecified atom stereocenters. The van der Waals surface area contributed by atoms with Gasteiger partial charge in [0.05, 0.1) is 0 Å². The summed E-state index contributed by atoms with van der Waals surface area (Å²) in [6.45, 7) is 6.12. The highest BCUT2D eigenvalue weighted by Crippen LogP contribution is 2.34. The van der Waals surface area contributed by atoms with Crippen LogP contribution < -0.4 is 5.73 Å². The van der Waals surface area contributed by atoms with Gasteiger partial charge in [0.1, 0.15) is 27.7 Å². The number of nitriles is 1. The summed E-state index contributed by atoms with van der Waals surface area (Å²) in [5.74, 6) is 0.595. The summed E-state index contributed by atoms with van der Waals surface area (Å²) >= 11 is 3.24. The SMILES string of the molecule is CN(C(=O)OC(C)(C)C)C1CCC1Cn1nc(Br)c(C#N)c1N. The van der Waals surface area contributed by atoms with E-state index in [4.69, 9.17) is 15.7 Å². The Morgan fingerprint density at radius 3 is 2.65 bits per heavy atom. The molecule has 1 fully saturated rings. The van der Waals surface area contributed by atoms with Crippen molar-refractivity contribution in [3.63, 3.8) is 0 Å². The number of rotatable bonds is 3. The van der Waals surface area contributed by atoms with E-state index in [0.717, 1.165) is 12.8 Å². The lowest BCUT2D eigenvalue weighted by Crippen LogP contribution is -2.50. The quantitative estimate of drug-likeness (QED) is 0.864. The number of carbonyl (C=O) groups is 1. The van der Waals surface area contributed by atoms with Crippen LogP contribution in [0.5, 0.6) is 0 Å². The van der Waals surface area contributed by atoms with E-state index in [-0.39, 0.29) is 18.1 Å². The smallest absolute Gasteiger partial charge is 0.410 e. The molecule has 0 radical (unpaired) electrons. The number of amides is 1. The van der Waals surface area contributed by atoms with E-state index in [1.165, 1.54) is 0 Å². The molecule has 1 heterocycles. The third kappa shape index (κ3) is 3.78. The third-order valence-corrected chi connectivity index (χ3v) is 4.58. The van der Waals surface area contributed by atoms with Crippen molar-refractivity contribution in [3.8, 4) is 6.07 Å². The molecular formula is C15H22BrN5O2. The topological polar surface area (TPSA) is 97.2 Å². The zero-order chi connectivity index (χ0) is 17.4. The van der Waals surface area contributed by atoms with Gasteiger partial charge in [-0.25, -0.2) is 9.48 Å². The Labute approximate surface area is 144 Å². The number of carbonyl (C=O) groups excluding carboxylic acids is 1. The summed E-state index contributed by atoms with van der Waals surface area (Å²) < 4.78 is 7.49. The number of halogens is 1. The average Bonchev–Trinajstić information content (AvgIpc) is 2.67. The van der Waals surface area contributed by atoms with Gasteiger partial charge in [-0.15, -0.1) is 0 Å². The number of nitrogens with zero attached hydrogens (tertiary/aromatic N) is 4. The molecule has 0 aliphatic heterocycles. The van der Waals surface area contributed by atoms with Gasteiger partial charge in [-0.05, 0) is 55.5 Å². The maximum absolute atomic E-state index is 12.2. The minimum Gasteiger partial charge on any atom is -0.444 e. The van der Waals surface area contributed by atoms with Crippen molar-refractivity contribution < 1.29 is 9.53 Å². The largest absolute Gasteiger partial charge is 0.444 e. The second-order valence-electron chi connectivity index (χ2n) is 6.84. The predicted molar refractivity (Wildman–Crippen MR) is 89.6 cm³/mol. The molecule has 7 nitrogen and oxygen atoms in total. The van der Waals surface area contributed by atoms with Crippen molar-refractivity contribution in [3.05, 3.63) is 10.2 Å². The molecule has 1 aliphatic carbocycles. The second kappa shape index (κ2) is 6.40. The molecule has 2 atom stereocenters. The third-order valence-electron chi connectivity index (χ3n) is 4.02. The molecule has 0 saturated heterocycles. The average molecular weight is 384 g/mol. The second-order valence-corrected chi connectivity index (χ2v) is 7.59. The van der Waals surface area contributed by atoms with Crippen LogP contribution in [-0.4, -0.2) is 39.5 Å². The van der Waals surface area contributed by atoms with Crippen molar-refractivity contribution in [2.24, 2.45) is 5.92 Å². The fourth-order valence-electron chi connectivity index (χ4n) is 2.65. The molecule has 126 valence electrons. The number of hydrogen-bond acceptors (Lipinski definition) is 5. The van der Waals surface area contributed by atoms with Crippen LogP contribution in [0.1, 0.15) is 39.2 Å². The number of aromatic nitrogens is 2. The normalized spacial score (nSPS) is 20.5. The molecule has 8 heteroatoms. The Balaban J connectivity index is 2.03. The van der Waals surface area contributed by atoms with E-state index < -0.39 is 5.60 Å². The lowest BCUT2D eigenvalue weighted by atomic mass is 9.78. The molecule has 2 N–H and O–H groups in total. The maximum Gasteiger partial charge on any atom is 0.410 e. The maximum atomic E-state index is 12.2. The Morgan fingerprint density at radius 1 is 1.57 bits per heavy atom. The minimum atomic E-state index is -0.510. The lowest BCUT2D eigenvalue weighted by Gasteiger charge is -2.42. The van der Waals surface area contributed by atoms with Crippen molar-refractivity contribution in [1.29, 1.82) is 5.26 Å². The van der Waals surface area contributed by atoms with Gasteiger partial charge in [0, 0.05) is 19.6 Å². The zero-order valence-corrected chi connectivity index (χ0v) is 15.4. The number of ether oxygens (including phenoxy) is 1. The first kappa shape index (κ1) is 17.6. The molecule has 0 spiro atoms. The molecule has 1 saturated carbocycles. The monoisotopic (exact) mass is 383 g/mol. The highest BCUT2D eigenvalue weighted by molar-refractivity contribution is 9.10. The molecule has 1 amide bonds. The van der Waals surface area contributed by atoms with Gasteiger partial charge in [-0.3, -0.25) is 0 Å². The van der Waals surface area contributed by atoms with Crippen LogP contribution in [0.3, 0.4) is 0 Å². The van der Waals surface area contributed by atoms with Crippen molar-refractivity contribution in [2.45, 2.75) is 51.8 Å². The molecule has 1 aliphatic rings. The van der Waals surface area contributed by atoms with E-state index in [9.17, 15) is 4.79 Å². The van der Waals surface area contributed by atoms with Gasteiger partial charge >= 0.3 is 6.09 Å². The van der Waals surface area contributed by atoms with E-state index in [1.807, 2.05) is 26.8 Å². The van der Waals surface area contributed by atoms with Crippen LogP contribution in [0.4, 0.5) is 10.6 Å². The van der Waals surface area contributed by atoms with Gasteiger partial charge in [0.25, 0.3) is 0 Å². The summed E-state index contributed by atoms with van der Waals surface area (Å²) in [4.78, 5) is 13.8. The molecule has 23 heavy (non-hydrogen) atoms. The van der Waals surface area contributed by atoms with Gasteiger partial charge < -0.3 is 15.4 Å². The van der Waals surface area contributed by atoms with Crippen molar-refractivity contribution in [1.82, 2.24) is 14.7 Å². The Bertz CT molecular complexity index is 644. The summed E-state index contributed by atoms with van der Waals surface area (Å²) in [5, 5.41) is 13.3. The first-order chi connectivity index (χ1) is 10.6. The number of hydrogen-bond donors (Lipinski definition) is 1.